The van der Waals surface area contributed by atoms with Crippen molar-refractivity contribution in [1.82, 2.24) is 24.7 Å². The van der Waals surface area contributed by atoms with E-state index in [0.29, 0.717) is 17.7 Å². The van der Waals surface area contributed by atoms with Gasteiger partial charge in [-0.3, -0.25) is 4.79 Å². The highest BCUT2D eigenvalue weighted by Gasteiger charge is 2.12. The van der Waals surface area contributed by atoms with Crippen LogP contribution in [0.2, 0.25) is 5.15 Å². The van der Waals surface area contributed by atoms with Crippen LogP contribution in [0.5, 0.6) is 0 Å². The molecule has 0 aromatic carbocycles. The first kappa shape index (κ1) is 22.0. The lowest BCUT2D eigenvalue weighted by molar-refractivity contribution is -0.127. The van der Waals surface area contributed by atoms with E-state index in [0.717, 1.165) is 18.8 Å². The molecule has 0 aliphatic rings. The molecular weight excluding hydrogens is 431 g/mol. The number of hydrogen-bond donors (Lipinski definition) is 1. The van der Waals surface area contributed by atoms with Crippen molar-refractivity contribution in [3.05, 3.63) is 17.2 Å². The molecule has 0 spiro atoms. The van der Waals surface area contributed by atoms with Crippen LogP contribution in [0.4, 0.5) is 0 Å². The third-order valence-corrected chi connectivity index (χ3v) is 3.51. The number of likely N-dealkylation sites (N-methyl/N-ethyl adjacent to an activating group) is 1. The molecule has 132 valence electrons. The minimum Gasteiger partial charge on any atom is -0.356 e. The van der Waals surface area contributed by atoms with Crippen LogP contribution in [0.25, 0.3) is 0 Å². The Morgan fingerprint density at radius 1 is 1.43 bits per heavy atom. The number of carbonyl (C=O) groups is 1. The highest BCUT2D eigenvalue weighted by Crippen LogP contribution is 2.10. The number of carbonyl (C=O) groups excluding carboxylic acids is 1. The van der Waals surface area contributed by atoms with E-state index in [4.69, 9.17) is 11.6 Å². The summed E-state index contributed by atoms with van der Waals surface area (Å²) in [4.78, 5) is 23.8. The van der Waals surface area contributed by atoms with Crippen molar-refractivity contribution in [3.8, 4) is 0 Å². The number of rotatable bonds is 6. The average Bonchev–Trinajstić information content (AvgIpc) is 2.78. The van der Waals surface area contributed by atoms with E-state index in [1.54, 1.807) is 20.3 Å². The van der Waals surface area contributed by atoms with E-state index >= 15 is 0 Å². The summed E-state index contributed by atoms with van der Waals surface area (Å²) < 4.78 is 1.82. The summed E-state index contributed by atoms with van der Waals surface area (Å²) in [6, 6.07) is 0. The molecule has 9 heteroatoms. The van der Waals surface area contributed by atoms with Crippen molar-refractivity contribution in [1.29, 1.82) is 0 Å². The van der Waals surface area contributed by atoms with Crippen LogP contribution in [-0.4, -0.2) is 65.5 Å². The fourth-order valence-electron chi connectivity index (χ4n) is 1.69. The Labute approximate surface area is 160 Å². The number of aliphatic imine (C=N–C) groups is 1. The predicted octanol–water partition coefficient (Wildman–Crippen LogP) is 1.57. The van der Waals surface area contributed by atoms with Gasteiger partial charge in [0.15, 0.2) is 5.96 Å². The molecular formula is C14H26ClIN6O. The molecule has 1 amide bonds. The Hall–Kier alpha value is -1.03. The van der Waals surface area contributed by atoms with Crippen LogP contribution in [0.3, 0.4) is 0 Å². The fraction of sp³-hybridized carbons (Fsp3) is 0.643. The molecule has 0 bridgehead atoms. The molecule has 1 aromatic heterocycles. The topological polar surface area (TPSA) is 65.8 Å². The largest absolute Gasteiger partial charge is 0.356 e. The van der Waals surface area contributed by atoms with Crippen LogP contribution in [-0.2, 0) is 18.4 Å². The predicted molar refractivity (Wildman–Crippen MR) is 104 cm³/mol. The van der Waals surface area contributed by atoms with E-state index < -0.39 is 0 Å². The molecule has 0 unspecified atom stereocenters. The maximum absolute atomic E-state index is 11.7. The van der Waals surface area contributed by atoms with Crippen molar-refractivity contribution < 1.29 is 4.79 Å². The number of nitrogens with zero attached hydrogens (tertiary/aromatic N) is 5. The third-order valence-electron chi connectivity index (χ3n) is 3.16. The zero-order valence-electron chi connectivity index (χ0n) is 14.3. The summed E-state index contributed by atoms with van der Waals surface area (Å²) >= 11 is 6.00. The molecule has 0 aliphatic carbocycles. The Balaban J connectivity index is 0.00000484. The Bertz CT molecular complexity index is 531. The van der Waals surface area contributed by atoms with Crippen LogP contribution >= 0.6 is 35.6 Å². The highest BCUT2D eigenvalue weighted by atomic mass is 127. The van der Waals surface area contributed by atoms with Gasteiger partial charge < -0.3 is 19.7 Å². The molecule has 0 atom stereocenters. The Kier molecular flexibility index (Phi) is 10.2. The van der Waals surface area contributed by atoms with Crippen LogP contribution in [0.1, 0.15) is 19.2 Å². The third kappa shape index (κ3) is 6.94. The van der Waals surface area contributed by atoms with Crippen molar-refractivity contribution in [2.24, 2.45) is 12.0 Å². The standard InChI is InChI=1S/C14H25ClN6O.HI/c1-6-7-16-14(18-9-13(22)19(2)3)20(4)10-12-17-8-11(15)21(12)5;/h8H,6-7,9-10H2,1-5H3,(H,16,18);1H. The number of nitrogens with one attached hydrogen (secondary N) is 1. The molecule has 0 saturated heterocycles. The second-order valence-electron chi connectivity index (χ2n) is 5.27. The quantitative estimate of drug-likeness (QED) is 0.401. The van der Waals surface area contributed by atoms with Crippen molar-refractivity contribution in [2.45, 2.75) is 19.9 Å². The van der Waals surface area contributed by atoms with Gasteiger partial charge in [-0.2, -0.15) is 0 Å². The highest BCUT2D eigenvalue weighted by molar-refractivity contribution is 14.0. The summed E-state index contributed by atoms with van der Waals surface area (Å²) in [5.41, 5.74) is 0. The summed E-state index contributed by atoms with van der Waals surface area (Å²) in [6.07, 6.45) is 2.60. The second-order valence-corrected chi connectivity index (χ2v) is 5.65. The Morgan fingerprint density at radius 3 is 2.57 bits per heavy atom. The lowest BCUT2D eigenvalue weighted by Crippen LogP contribution is -2.40. The van der Waals surface area contributed by atoms with Gasteiger partial charge in [0.2, 0.25) is 5.91 Å². The minimum atomic E-state index is -0.0377. The van der Waals surface area contributed by atoms with E-state index in [2.05, 4.69) is 22.2 Å². The van der Waals surface area contributed by atoms with Gasteiger partial charge in [-0.1, -0.05) is 18.5 Å². The van der Waals surface area contributed by atoms with Gasteiger partial charge >= 0.3 is 0 Å². The molecule has 1 heterocycles. The van der Waals surface area contributed by atoms with E-state index in [-0.39, 0.29) is 36.4 Å². The Morgan fingerprint density at radius 2 is 2.09 bits per heavy atom. The lowest BCUT2D eigenvalue weighted by Gasteiger charge is -2.22. The SMILES string of the molecule is CCCNC(=NCC(=O)N(C)C)N(C)Cc1ncc(Cl)n1C.I. The lowest BCUT2D eigenvalue weighted by atomic mass is 10.4. The molecule has 0 saturated carbocycles. The molecule has 1 aromatic rings. The summed E-state index contributed by atoms with van der Waals surface area (Å²) in [6.45, 7) is 3.54. The van der Waals surface area contributed by atoms with E-state index in [1.165, 1.54) is 4.90 Å². The van der Waals surface area contributed by atoms with Gasteiger partial charge in [-0.15, -0.1) is 24.0 Å². The average molecular weight is 457 g/mol. The zero-order chi connectivity index (χ0) is 16.7. The molecule has 0 aliphatic heterocycles. The fourth-order valence-corrected chi connectivity index (χ4v) is 1.84. The number of amides is 1. The van der Waals surface area contributed by atoms with Gasteiger partial charge in [0.05, 0.1) is 12.7 Å². The molecule has 0 radical (unpaired) electrons. The normalized spacial score (nSPS) is 11.0. The summed E-state index contributed by atoms with van der Waals surface area (Å²) in [7, 11) is 7.21. The van der Waals surface area contributed by atoms with E-state index in [9.17, 15) is 4.79 Å². The summed E-state index contributed by atoms with van der Waals surface area (Å²) in [5.74, 6) is 1.47. The van der Waals surface area contributed by atoms with Gasteiger partial charge in [-0.05, 0) is 6.42 Å². The monoisotopic (exact) mass is 456 g/mol. The first-order valence-corrected chi connectivity index (χ1v) is 7.60. The first-order valence-electron chi connectivity index (χ1n) is 7.22. The maximum atomic E-state index is 11.7. The molecule has 7 nitrogen and oxygen atoms in total. The van der Waals surface area contributed by atoms with Gasteiger partial charge in [0, 0.05) is 34.7 Å². The van der Waals surface area contributed by atoms with Crippen molar-refractivity contribution >= 4 is 47.4 Å². The van der Waals surface area contributed by atoms with Gasteiger partial charge in [0.1, 0.15) is 17.5 Å². The second kappa shape index (κ2) is 10.7. The number of halogens is 2. The van der Waals surface area contributed by atoms with Crippen molar-refractivity contribution in [3.63, 3.8) is 0 Å². The smallest absolute Gasteiger partial charge is 0.243 e. The number of hydrogen-bond acceptors (Lipinski definition) is 3. The summed E-state index contributed by atoms with van der Waals surface area (Å²) in [5, 5.41) is 3.83. The molecule has 0 fully saturated rings. The maximum Gasteiger partial charge on any atom is 0.243 e. The van der Waals surface area contributed by atoms with Crippen molar-refractivity contribution in [2.75, 3.05) is 34.2 Å². The van der Waals surface area contributed by atoms with Crippen LogP contribution < -0.4 is 5.32 Å². The number of imidazole rings is 1. The first-order chi connectivity index (χ1) is 10.4. The van der Waals surface area contributed by atoms with Crippen LogP contribution in [0.15, 0.2) is 11.2 Å². The molecule has 1 N–H and O–H groups in total. The van der Waals surface area contributed by atoms with E-state index in [1.807, 2.05) is 23.6 Å². The molecule has 1 rings (SSSR count). The number of guanidine groups is 1. The van der Waals surface area contributed by atoms with Gasteiger partial charge in [0.25, 0.3) is 0 Å². The number of aromatic nitrogens is 2. The van der Waals surface area contributed by atoms with Crippen LogP contribution in [0, 0.1) is 0 Å². The molecule has 23 heavy (non-hydrogen) atoms. The van der Waals surface area contributed by atoms with Gasteiger partial charge in [-0.25, -0.2) is 9.98 Å². The minimum absolute atomic E-state index is 0. The zero-order valence-corrected chi connectivity index (χ0v) is 17.4.